The van der Waals surface area contributed by atoms with Crippen molar-refractivity contribution in [3.05, 3.63) is 46.5 Å². The van der Waals surface area contributed by atoms with E-state index in [0.29, 0.717) is 42.7 Å². The zero-order chi connectivity index (χ0) is 29.7. The van der Waals surface area contributed by atoms with Gasteiger partial charge in [0.05, 0.1) is 27.3 Å². The van der Waals surface area contributed by atoms with Gasteiger partial charge >= 0.3 is 12.3 Å². The highest BCUT2D eigenvalue weighted by Crippen LogP contribution is 2.42. The number of carboxylic acid groups (broad SMARTS) is 1. The number of anilines is 3. The lowest BCUT2D eigenvalue weighted by molar-refractivity contribution is -0.137. The molecule has 3 aromatic rings. The Morgan fingerprint density at radius 2 is 1.98 bits per heavy atom. The molecule has 1 aromatic carbocycles. The monoisotopic (exact) mass is 610 g/mol. The van der Waals surface area contributed by atoms with E-state index in [1.54, 1.807) is 12.1 Å². The number of sulfone groups is 1. The van der Waals surface area contributed by atoms with E-state index in [1.165, 1.54) is 11.9 Å². The summed E-state index contributed by atoms with van der Waals surface area (Å²) in [6.45, 7) is 2.89. The van der Waals surface area contributed by atoms with Gasteiger partial charge in [0.25, 0.3) is 5.91 Å². The molecule has 0 spiro atoms. The van der Waals surface area contributed by atoms with Crippen molar-refractivity contribution in [1.82, 2.24) is 20.2 Å². The van der Waals surface area contributed by atoms with Gasteiger partial charge in [0.15, 0.2) is 9.84 Å². The smallest absolute Gasteiger partial charge is 0.420 e. The van der Waals surface area contributed by atoms with Crippen LogP contribution in [-0.2, 0) is 22.4 Å². The minimum Gasteiger partial charge on any atom is -0.465 e. The minimum atomic E-state index is -4.84. The molecule has 4 heterocycles. The standard InChI is InChI=1S/C25H25F3N6O5S2/c1-3-13-8-15(34-11-14(12-34)30-24(36)37)4-5-17(13)31-23-29-10-16(25(26,27)28)20(32-23)18-9-19-21(40-18)22(35)33(2)6-7-41(19,38)39/h4-5,8-10,14,30H,3,6-7,11-12H2,1-2H3,(H,36,37)(H,29,31,32). The Hall–Kier alpha value is -3.92. The van der Waals surface area contributed by atoms with Crippen molar-refractivity contribution in [2.24, 2.45) is 0 Å². The topological polar surface area (TPSA) is 145 Å². The third kappa shape index (κ3) is 5.66. The predicted octanol–water partition coefficient (Wildman–Crippen LogP) is 3.85. The van der Waals surface area contributed by atoms with E-state index in [-0.39, 0.29) is 38.9 Å². The average Bonchev–Trinajstić information content (AvgIpc) is 3.32. The number of amides is 2. The molecule has 3 N–H and O–H groups in total. The number of carbonyl (C=O) groups is 2. The Balaban J connectivity index is 1.48. The van der Waals surface area contributed by atoms with Gasteiger partial charge in [0.1, 0.15) is 10.4 Å². The molecule has 1 saturated heterocycles. The zero-order valence-electron chi connectivity index (χ0n) is 21.8. The maximum absolute atomic E-state index is 14.0. The molecule has 2 aliphatic heterocycles. The van der Waals surface area contributed by atoms with Crippen LogP contribution >= 0.6 is 11.3 Å². The lowest BCUT2D eigenvalue weighted by atomic mass is 10.0. The first kappa shape index (κ1) is 28.6. The van der Waals surface area contributed by atoms with Gasteiger partial charge in [-0.3, -0.25) is 4.79 Å². The number of nitrogens with one attached hydrogen (secondary N) is 2. The van der Waals surface area contributed by atoms with E-state index in [2.05, 4.69) is 20.6 Å². The number of alkyl halides is 3. The van der Waals surface area contributed by atoms with E-state index in [0.717, 1.165) is 17.3 Å². The first-order valence-electron chi connectivity index (χ1n) is 12.5. The Labute approximate surface area is 236 Å². The number of fused-ring (bicyclic) bond motifs is 1. The third-order valence-corrected chi connectivity index (χ3v) is 9.86. The normalized spacial score (nSPS) is 17.0. The quantitative estimate of drug-likeness (QED) is 0.379. The molecule has 0 aliphatic carbocycles. The summed E-state index contributed by atoms with van der Waals surface area (Å²) >= 11 is 0.651. The van der Waals surface area contributed by atoms with Gasteiger partial charge in [0.2, 0.25) is 5.95 Å². The van der Waals surface area contributed by atoms with Crippen molar-refractivity contribution < 1.29 is 36.3 Å². The number of halogens is 3. The molecule has 5 rings (SSSR count). The SMILES string of the molecule is CCc1cc(N2CC(NC(=O)O)C2)ccc1Nc1ncc(C(F)(F)F)c(-c2cc3c(s2)C(=O)N(C)CCS3(=O)=O)n1. The lowest BCUT2D eigenvalue weighted by Gasteiger charge is -2.41. The summed E-state index contributed by atoms with van der Waals surface area (Å²) in [6.07, 6.45) is -4.72. The van der Waals surface area contributed by atoms with Crippen LogP contribution in [0.5, 0.6) is 0 Å². The van der Waals surface area contributed by atoms with E-state index in [9.17, 15) is 31.2 Å². The van der Waals surface area contributed by atoms with Crippen LogP contribution in [0, 0.1) is 0 Å². The van der Waals surface area contributed by atoms with Gasteiger partial charge < -0.3 is 25.5 Å². The van der Waals surface area contributed by atoms with Gasteiger partial charge in [-0.25, -0.2) is 23.2 Å². The number of carbonyl (C=O) groups excluding carboxylic acids is 1. The van der Waals surface area contributed by atoms with Gasteiger partial charge in [0, 0.05) is 44.3 Å². The molecule has 1 fully saturated rings. The molecule has 2 aliphatic rings. The molecule has 0 saturated carbocycles. The Kier molecular flexibility index (Phi) is 7.31. The zero-order valence-corrected chi connectivity index (χ0v) is 23.5. The Morgan fingerprint density at radius 1 is 1.24 bits per heavy atom. The fourth-order valence-electron chi connectivity index (χ4n) is 4.62. The molecule has 2 amide bonds. The average molecular weight is 611 g/mol. The van der Waals surface area contributed by atoms with Crippen LogP contribution in [0.1, 0.15) is 27.7 Å². The summed E-state index contributed by atoms with van der Waals surface area (Å²) in [7, 11) is -2.46. The predicted molar refractivity (Wildman–Crippen MR) is 146 cm³/mol. The minimum absolute atomic E-state index is 0.0244. The summed E-state index contributed by atoms with van der Waals surface area (Å²) < 4.78 is 67.5. The molecule has 16 heteroatoms. The summed E-state index contributed by atoms with van der Waals surface area (Å²) in [4.78, 5) is 34.2. The highest BCUT2D eigenvalue weighted by Gasteiger charge is 2.38. The lowest BCUT2D eigenvalue weighted by Crippen LogP contribution is -2.59. The second kappa shape index (κ2) is 10.5. The second-order valence-electron chi connectivity index (χ2n) is 9.67. The second-order valence-corrected chi connectivity index (χ2v) is 12.8. The van der Waals surface area contributed by atoms with Crippen molar-refractivity contribution in [2.75, 3.05) is 42.7 Å². The number of thiophene rings is 1. The van der Waals surface area contributed by atoms with E-state index in [1.807, 2.05) is 17.9 Å². The van der Waals surface area contributed by atoms with Crippen molar-refractivity contribution in [3.8, 4) is 10.6 Å². The summed E-state index contributed by atoms with van der Waals surface area (Å²) in [5.74, 6) is -1.07. The van der Waals surface area contributed by atoms with E-state index >= 15 is 0 Å². The highest BCUT2D eigenvalue weighted by molar-refractivity contribution is 7.91. The largest absolute Gasteiger partial charge is 0.465 e. The summed E-state index contributed by atoms with van der Waals surface area (Å²) in [5, 5.41) is 14.3. The number of hydrogen-bond donors (Lipinski definition) is 3. The van der Waals surface area contributed by atoms with Crippen molar-refractivity contribution >= 4 is 50.5 Å². The fraction of sp³-hybridized carbons (Fsp3) is 0.360. The number of aromatic nitrogens is 2. The van der Waals surface area contributed by atoms with Crippen molar-refractivity contribution in [2.45, 2.75) is 30.5 Å². The van der Waals surface area contributed by atoms with Gasteiger partial charge in [-0.2, -0.15) is 13.2 Å². The molecule has 11 nitrogen and oxygen atoms in total. The molecule has 2 aromatic heterocycles. The van der Waals surface area contributed by atoms with Gasteiger partial charge in [-0.1, -0.05) is 6.92 Å². The maximum Gasteiger partial charge on any atom is 0.420 e. The number of nitrogens with zero attached hydrogens (tertiary/aromatic N) is 4. The van der Waals surface area contributed by atoms with Crippen LogP contribution in [-0.4, -0.2) is 78.9 Å². The molecule has 41 heavy (non-hydrogen) atoms. The summed E-state index contributed by atoms with van der Waals surface area (Å²) in [5.41, 5.74) is 0.548. The molecule has 0 bridgehead atoms. The molecule has 0 radical (unpaired) electrons. The van der Waals surface area contributed by atoms with Crippen molar-refractivity contribution in [3.63, 3.8) is 0 Å². The number of rotatable bonds is 6. The number of hydrogen-bond acceptors (Lipinski definition) is 9. The Morgan fingerprint density at radius 3 is 2.63 bits per heavy atom. The Bertz CT molecular complexity index is 1640. The fourth-order valence-corrected chi connectivity index (χ4v) is 7.65. The highest BCUT2D eigenvalue weighted by atomic mass is 32.2. The van der Waals surface area contributed by atoms with Crippen LogP contribution in [0.15, 0.2) is 35.4 Å². The van der Waals surface area contributed by atoms with Crippen LogP contribution in [0.2, 0.25) is 0 Å². The summed E-state index contributed by atoms with van der Waals surface area (Å²) in [6, 6.07) is 6.34. The molecule has 218 valence electrons. The first-order chi connectivity index (χ1) is 19.3. The van der Waals surface area contributed by atoms with E-state index in [4.69, 9.17) is 5.11 Å². The van der Waals surface area contributed by atoms with Crippen LogP contribution < -0.4 is 15.5 Å². The third-order valence-electron chi connectivity index (χ3n) is 6.89. The number of benzene rings is 1. The molecular weight excluding hydrogens is 585 g/mol. The van der Waals surface area contributed by atoms with Crippen LogP contribution in [0.4, 0.5) is 35.3 Å². The van der Waals surface area contributed by atoms with Gasteiger partial charge in [-0.15, -0.1) is 11.3 Å². The molecular formula is C25H25F3N6O5S2. The first-order valence-corrected chi connectivity index (χ1v) is 14.9. The van der Waals surface area contributed by atoms with Crippen molar-refractivity contribution in [1.29, 1.82) is 0 Å². The number of aryl methyl sites for hydroxylation is 1. The molecule has 0 unspecified atom stereocenters. The van der Waals surface area contributed by atoms with E-state index < -0.39 is 39.3 Å². The molecule has 0 atom stereocenters. The maximum atomic E-state index is 14.0. The van der Waals surface area contributed by atoms with Crippen LogP contribution in [0.3, 0.4) is 0 Å². The van der Waals surface area contributed by atoms with Gasteiger partial charge in [-0.05, 0) is 36.2 Å². The van der Waals surface area contributed by atoms with Crippen LogP contribution in [0.25, 0.3) is 10.6 Å².